The lowest BCUT2D eigenvalue weighted by molar-refractivity contribution is -0.136. The molecule has 1 unspecified atom stereocenters. The van der Waals surface area contributed by atoms with Gasteiger partial charge in [0, 0.05) is 18.3 Å². The highest BCUT2D eigenvalue weighted by Crippen LogP contribution is 2.34. The first kappa shape index (κ1) is 19.7. The summed E-state index contributed by atoms with van der Waals surface area (Å²) < 4.78 is 16.0. The molecule has 0 spiro atoms. The van der Waals surface area contributed by atoms with Crippen LogP contribution >= 0.6 is 0 Å². The molecule has 0 bridgehead atoms. The van der Waals surface area contributed by atoms with Gasteiger partial charge in [-0.1, -0.05) is 29.8 Å². The standard InChI is InChI=1S/C20H22N2O6/c1-13-2-4-14(5-3-13)18(26-9-8-23)11-21-19(24)20(25)22-15-6-7-16-17(10-15)28-12-27-16/h2-7,10,18,23H,8-9,11-12H2,1H3,(H,21,24)(H,22,25). The molecule has 1 aliphatic heterocycles. The highest BCUT2D eigenvalue weighted by Gasteiger charge is 2.19. The van der Waals surface area contributed by atoms with Crippen LogP contribution in [0.25, 0.3) is 0 Å². The molecule has 148 valence electrons. The first-order valence-electron chi connectivity index (χ1n) is 8.84. The summed E-state index contributed by atoms with van der Waals surface area (Å²) in [6, 6.07) is 12.5. The minimum Gasteiger partial charge on any atom is -0.454 e. The molecule has 0 aromatic heterocycles. The monoisotopic (exact) mass is 386 g/mol. The summed E-state index contributed by atoms with van der Waals surface area (Å²) in [5, 5.41) is 14.1. The van der Waals surface area contributed by atoms with Crippen LogP contribution in [0.3, 0.4) is 0 Å². The van der Waals surface area contributed by atoms with E-state index in [4.69, 9.17) is 19.3 Å². The number of anilines is 1. The molecule has 3 rings (SSSR count). The number of aliphatic hydroxyl groups excluding tert-OH is 1. The van der Waals surface area contributed by atoms with Crippen LogP contribution in [0.15, 0.2) is 42.5 Å². The average Bonchev–Trinajstić information content (AvgIpc) is 3.16. The predicted molar refractivity (Wildman–Crippen MR) is 101 cm³/mol. The van der Waals surface area contributed by atoms with Gasteiger partial charge in [0.1, 0.15) is 0 Å². The number of amides is 2. The number of rotatable bonds is 7. The van der Waals surface area contributed by atoms with Crippen molar-refractivity contribution in [3.05, 3.63) is 53.6 Å². The van der Waals surface area contributed by atoms with E-state index < -0.39 is 17.9 Å². The zero-order chi connectivity index (χ0) is 19.9. The van der Waals surface area contributed by atoms with Gasteiger partial charge in [-0.05, 0) is 24.6 Å². The number of ether oxygens (including phenoxy) is 3. The minimum atomic E-state index is -0.802. The van der Waals surface area contributed by atoms with Gasteiger partial charge in [0.2, 0.25) is 6.79 Å². The molecule has 2 aromatic carbocycles. The fraction of sp³-hybridized carbons (Fsp3) is 0.300. The van der Waals surface area contributed by atoms with Gasteiger partial charge in [-0.2, -0.15) is 0 Å². The van der Waals surface area contributed by atoms with Gasteiger partial charge in [0.05, 0.1) is 19.3 Å². The largest absolute Gasteiger partial charge is 0.454 e. The number of fused-ring (bicyclic) bond motifs is 1. The molecule has 8 heteroatoms. The second kappa shape index (κ2) is 9.20. The molecule has 0 fully saturated rings. The van der Waals surface area contributed by atoms with Crippen molar-refractivity contribution in [2.75, 3.05) is 31.9 Å². The number of carbonyl (C=O) groups is 2. The summed E-state index contributed by atoms with van der Waals surface area (Å²) in [4.78, 5) is 24.3. The number of hydrogen-bond donors (Lipinski definition) is 3. The van der Waals surface area contributed by atoms with Crippen LogP contribution in [-0.2, 0) is 14.3 Å². The van der Waals surface area contributed by atoms with E-state index in [-0.39, 0.29) is 26.6 Å². The van der Waals surface area contributed by atoms with Crippen LogP contribution in [0.5, 0.6) is 11.5 Å². The number of benzene rings is 2. The van der Waals surface area contributed by atoms with Crippen molar-refractivity contribution < 1.29 is 28.9 Å². The summed E-state index contributed by atoms with van der Waals surface area (Å²) in [5.41, 5.74) is 2.36. The average molecular weight is 386 g/mol. The van der Waals surface area contributed by atoms with E-state index in [1.54, 1.807) is 18.2 Å². The molecule has 2 aromatic rings. The number of carbonyl (C=O) groups excluding carboxylic acids is 2. The van der Waals surface area contributed by atoms with Crippen molar-refractivity contribution in [1.29, 1.82) is 0 Å². The Labute approximate surface area is 162 Å². The Kier molecular flexibility index (Phi) is 6.46. The van der Waals surface area contributed by atoms with E-state index in [2.05, 4.69) is 10.6 Å². The first-order chi connectivity index (χ1) is 13.6. The molecule has 0 aliphatic carbocycles. The Balaban J connectivity index is 1.57. The first-order valence-corrected chi connectivity index (χ1v) is 8.84. The molecule has 3 N–H and O–H groups in total. The van der Waals surface area contributed by atoms with Gasteiger partial charge in [-0.25, -0.2) is 0 Å². The Bertz CT molecular complexity index is 837. The smallest absolute Gasteiger partial charge is 0.313 e. The van der Waals surface area contributed by atoms with Crippen LogP contribution in [0.4, 0.5) is 5.69 Å². The fourth-order valence-corrected chi connectivity index (χ4v) is 2.68. The molecule has 1 atom stereocenters. The molecular weight excluding hydrogens is 364 g/mol. The molecule has 1 heterocycles. The third-order valence-electron chi connectivity index (χ3n) is 4.14. The van der Waals surface area contributed by atoms with Gasteiger partial charge in [-0.3, -0.25) is 9.59 Å². The van der Waals surface area contributed by atoms with Crippen molar-refractivity contribution in [3.8, 4) is 11.5 Å². The van der Waals surface area contributed by atoms with Gasteiger partial charge in [-0.15, -0.1) is 0 Å². The molecule has 0 saturated heterocycles. The molecule has 28 heavy (non-hydrogen) atoms. The van der Waals surface area contributed by atoms with Gasteiger partial charge in [0.25, 0.3) is 0 Å². The molecule has 8 nitrogen and oxygen atoms in total. The molecule has 1 aliphatic rings. The second-order valence-corrected chi connectivity index (χ2v) is 6.23. The Morgan fingerprint density at radius 3 is 2.61 bits per heavy atom. The van der Waals surface area contributed by atoms with Crippen LogP contribution in [0, 0.1) is 6.92 Å². The number of nitrogens with one attached hydrogen (secondary N) is 2. The highest BCUT2D eigenvalue weighted by atomic mass is 16.7. The zero-order valence-electron chi connectivity index (χ0n) is 15.4. The van der Waals surface area contributed by atoms with E-state index >= 15 is 0 Å². The summed E-state index contributed by atoms with van der Waals surface area (Å²) in [7, 11) is 0. The van der Waals surface area contributed by atoms with E-state index in [1.165, 1.54) is 0 Å². The maximum Gasteiger partial charge on any atom is 0.313 e. The van der Waals surface area contributed by atoms with Crippen LogP contribution in [0.1, 0.15) is 17.2 Å². The minimum absolute atomic E-state index is 0.0937. The summed E-state index contributed by atoms with van der Waals surface area (Å²) in [5.74, 6) is -0.495. The van der Waals surface area contributed by atoms with Crippen molar-refractivity contribution >= 4 is 17.5 Å². The van der Waals surface area contributed by atoms with Crippen LogP contribution < -0.4 is 20.1 Å². The Hall–Kier alpha value is -3.10. The van der Waals surface area contributed by atoms with Crippen molar-refractivity contribution in [3.63, 3.8) is 0 Å². The summed E-state index contributed by atoms with van der Waals surface area (Å²) >= 11 is 0. The Morgan fingerprint density at radius 2 is 1.86 bits per heavy atom. The maximum atomic E-state index is 12.2. The summed E-state index contributed by atoms with van der Waals surface area (Å²) in [6.45, 7) is 2.17. The van der Waals surface area contributed by atoms with E-state index in [0.717, 1.165) is 11.1 Å². The summed E-state index contributed by atoms with van der Waals surface area (Å²) in [6.07, 6.45) is -0.477. The van der Waals surface area contributed by atoms with Crippen molar-refractivity contribution in [1.82, 2.24) is 5.32 Å². The van der Waals surface area contributed by atoms with Gasteiger partial charge >= 0.3 is 11.8 Å². The lowest BCUT2D eigenvalue weighted by Crippen LogP contribution is -2.38. The van der Waals surface area contributed by atoms with Gasteiger partial charge in [0.15, 0.2) is 11.5 Å². The normalized spacial score (nSPS) is 13.1. The third kappa shape index (κ3) is 4.99. The van der Waals surface area contributed by atoms with Crippen LogP contribution in [0.2, 0.25) is 0 Å². The lowest BCUT2D eigenvalue weighted by atomic mass is 10.1. The van der Waals surface area contributed by atoms with Crippen LogP contribution in [-0.4, -0.2) is 43.5 Å². The lowest BCUT2D eigenvalue weighted by Gasteiger charge is -2.18. The predicted octanol–water partition coefficient (Wildman–Crippen LogP) is 1.53. The number of aryl methyl sites for hydroxylation is 1. The molecule has 2 amide bonds. The fourth-order valence-electron chi connectivity index (χ4n) is 2.68. The topological polar surface area (TPSA) is 106 Å². The third-order valence-corrected chi connectivity index (χ3v) is 4.14. The van der Waals surface area contributed by atoms with Crippen molar-refractivity contribution in [2.45, 2.75) is 13.0 Å². The Morgan fingerprint density at radius 1 is 1.11 bits per heavy atom. The quantitative estimate of drug-likeness (QED) is 0.623. The van der Waals surface area contributed by atoms with E-state index in [1.807, 2.05) is 31.2 Å². The molecule has 0 radical (unpaired) electrons. The SMILES string of the molecule is Cc1ccc(C(CNC(=O)C(=O)Nc2ccc3c(c2)OCO3)OCCO)cc1. The molecule has 0 saturated carbocycles. The zero-order valence-corrected chi connectivity index (χ0v) is 15.4. The second-order valence-electron chi connectivity index (χ2n) is 6.23. The number of hydrogen-bond acceptors (Lipinski definition) is 6. The van der Waals surface area contributed by atoms with Gasteiger partial charge < -0.3 is 30.0 Å². The van der Waals surface area contributed by atoms with E-state index in [0.29, 0.717) is 17.2 Å². The number of aliphatic hydroxyl groups is 1. The van der Waals surface area contributed by atoms with Crippen molar-refractivity contribution in [2.24, 2.45) is 0 Å². The molecular formula is C20H22N2O6. The maximum absolute atomic E-state index is 12.2. The highest BCUT2D eigenvalue weighted by molar-refractivity contribution is 6.39. The van der Waals surface area contributed by atoms with E-state index in [9.17, 15) is 9.59 Å².